The molecule has 0 aromatic heterocycles. The summed E-state index contributed by atoms with van der Waals surface area (Å²) in [6.45, 7) is 3.97. The van der Waals surface area contributed by atoms with E-state index in [2.05, 4.69) is 20.7 Å². The molecular formula is C27H25Cl2F3N4O3. The maximum absolute atomic E-state index is 13.1. The summed E-state index contributed by atoms with van der Waals surface area (Å²) < 4.78 is 39.2. The predicted octanol–water partition coefficient (Wildman–Crippen LogP) is 5.84. The lowest BCUT2D eigenvalue weighted by molar-refractivity contribution is -0.137. The van der Waals surface area contributed by atoms with Gasteiger partial charge in [0, 0.05) is 23.7 Å². The van der Waals surface area contributed by atoms with Crippen LogP contribution in [0.3, 0.4) is 0 Å². The number of carbonyl (C=O) groups is 2. The molecule has 0 bridgehead atoms. The SMILES string of the molecule is CCN(CCO)Cc1ccc(C(=O)Nc2ccc(Cl)cc2C(=O)N/N=C/c2ccc(Cl)c(C(F)(F)F)c2)cc1. The molecule has 0 aliphatic carbocycles. The van der Waals surface area contributed by atoms with Gasteiger partial charge in [-0.1, -0.05) is 48.3 Å². The molecule has 0 unspecified atom stereocenters. The van der Waals surface area contributed by atoms with E-state index in [9.17, 15) is 22.8 Å². The molecule has 12 heteroatoms. The van der Waals surface area contributed by atoms with Gasteiger partial charge in [0.2, 0.25) is 0 Å². The summed E-state index contributed by atoms with van der Waals surface area (Å²) >= 11 is 11.7. The fourth-order valence-corrected chi connectivity index (χ4v) is 3.98. The van der Waals surface area contributed by atoms with E-state index in [1.807, 2.05) is 6.92 Å². The van der Waals surface area contributed by atoms with Gasteiger partial charge in [-0.15, -0.1) is 0 Å². The minimum absolute atomic E-state index is 0.000650. The van der Waals surface area contributed by atoms with Crippen LogP contribution in [0.25, 0.3) is 0 Å². The molecule has 3 aromatic carbocycles. The smallest absolute Gasteiger partial charge is 0.395 e. The third-order valence-electron chi connectivity index (χ3n) is 5.64. The van der Waals surface area contributed by atoms with Crippen LogP contribution in [0.15, 0.2) is 65.8 Å². The second-order valence-corrected chi connectivity index (χ2v) is 9.21. The molecule has 39 heavy (non-hydrogen) atoms. The van der Waals surface area contributed by atoms with Crippen molar-refractivity contribution >= 4 is 46.9 Å². The number of alkyl halides is 3. The Labute approximate surface area is 233 Å². The molecule has 0 aliphatic rings. The van der Waals surface area contributed by atoms with Crippen LogP contribution >= 0.6 is 23.2 Å². The highest BCUT2D eigenvalue weighted by Gasteiger charge is 2.33. The van der Waals surface area contributed by atoms with Crippen molar-refractivity contribution in [3.8, 4) is 0 Å². The van der Waals surface area contributed by atoms with Crippen molar-refractivity contribution in [1.82, 2.24) is 10.3 Å². The number of benzene rings is 3. The highest BCUT2D eigenvalue weighted by Crippen LogP contribution is 2.34. The van der Waals surface area contributed by atoms with Crippen molar-refractivity contribution in [2.24, 2.45) is 5.10 Å². The Balaban J connectivity index is 1.71. The van der Waals surface area contributed by atoms with Crippen LogP contribution in [0.1, 0.15) is 44.3 Å². The van der Waals surface area contributed by atoms with Crippen LogP contribution in [0.4, 0.5) is 18.9 Å². The number of halogens is 5. The number of hydrazone groups is 1. The molecule has 3 N–H and O–H groups in total. The Morgan fingerprint density at radius 3 is 2.38 bits per heavy atom. The molecule has 0 fully saturated rings. The van der Waals surface area contributed by atoms with Crippen molar-refractivity contribution in [2.45, 2.75) is 19.6 Å². The number of nitrogens with zero attached hydrogens (tertiary/aromatic N) is 2. The first kappa shape index (κ1) is 30.1. The highest BCUT2D eigenvalue weighted by molar-refractivity contribution is 6.31. The zero-order chi connectivity index (χ0) is 28.6. The van der Waals surface area contributed by atoms with Crippen LogP contribution < -0.4 is 10.7 Å². The number of likely N-dealkylation sites (N-methyl/N-ethyl adjacent to an activating group) is 1. The van der Waals surface area contributed by atoms with E-state index in [4.69, 9.17) is 28.3 Å². The maximum Gasteiger partial charge on any atom is 0.417 e. The summed E-state index contributed by atoms with van der Waals surface area (Å²) in [7, 11) is 0. The van der Waals surface area contributed by atoms with Gasteiger partial charge in [0.05, 0.1) is 34.7 Å². The number of amides is 2. The number of aliphatic hydroxyl groups is 1. The Morgan fingerprint density at radius 1 is 1.03 bits per heavy atom. The second kappa shape index (κ2) is 13.6. The van der Waals surface area contributed by atoms with E-state index in [1.54, 1.807) is 24.3 Å². The van der Waals surface area contributed by atoms with Gasteiger partial charge >= 0.3 is 6.18 Å². The summed E-state index contributed by atoms with van der Waals surface area (Å²) in [5.74, 6) is -1.21. The van der Waals surface area contributed by atoms with Gasteiger partial charge in [0.1, 0.15) is 0 Å². The molecule has 206 valence electrons. The van der Waals surface area contributed by atoms with Crippen molar-refractivity contribution in [1.29, 1.82) is 0 Å². The summed E-state index contributed by atoms with van der Waals surface area (Å²) in [6, 6.07) is 14.4. The normalized spacial score (nSPS) is 11.7. The Hall–Kier alpha value is -3.44. The van der Waals surface area contributed by atoms with Crippen LogP contribution in [0.2, 0.25) is 10.0 Å². The molecular weight excluding hydrogens is 556 g/mol. The van der Waals surface area contributed by atoms with Gasteiger partial charge in [-0.25, -0.2) is 5.43 Å². The number of rotatable bonds is 10. The molecule has 0 heterocycles. The quantitative estimate of drug-likeness (QED) is 0.207. The monoisotopic (exact) mass is 580 g/mol. The lowest BCUT2D eigenvalue weighted by Gasteiger charge is -2.19. The van der Waals surface area contributed by atoms with Crippen molar-refractivity contribution in [3.63, 3.8) is 0 Å². The number of hydrogen-bond acceptors (Lipinski definition) is 5. The molecule has 0 spiro atoms. The molecule has 3 aromatic rings. The zero-order valence-corrected chi connectivity index (χ0v) is 22.2. The van der Waals surface area contributed by atoms with E-state index < -0.39 is 28.6 Å². The number of anilines is 1. The van der Waals surface area contributed by atoms with Gasteiger partial charge in [0.15, 0.2) is 0 Å². The fraction of sp³-hybridized carbons (Fsp3) is 0.222. The minimum Gasteiger partial charge on any atom is -0.395 e. The van der Waals surface area contributed by atoms with Gasteiger partial charge in [-0.3, -0.25) is 14.5 Å². The van der Waals surface area contributed by atoms with E-state index in [0.717, 1.165) is 30.5 Å². The molecule has 3 rings (SSSR count). The lowest BCUT2D eigenvalue weighted by atomic mass is 10.1. The zero-order valence-electron chi connectivity index (χ0n) is 20.7. The van der Waals surface area contributed by atoms with Crippen LogP contribution in [0, 0.1) is 0 Å². The first-order chi connectivity index (χ1) is 18.5. The van der Waals surface area contributed by atoms with Gasteiger partial charge in [0.25, 0.3) is 11.8 Å². The average Bonchev–Trinajstić information content (AvgIpc) is 2.90. The number of aliphatic hydroxyl groups excluding tert-OH is 1. The van der Waals surface area contributed by atoms with E-state index in [-0.39, 0.29) is 28.4 Å². The van der Waals surface area contributed by atoms with Crippen molar-refractivity contribution < 1.29 is 27.9 Å². The number of carbonyl (C=O) groups excluding carboxylic acids is 2. The summed E-state index contributed by atoms with van der Waals surface area (Å²) in [4.78, 5) is 27.7. The lowest BCUT2D eigenvalue weighted by Crippen LogP contribution is -2.26. The fourth-order valence-electron chi connectivity index (χ4n) is 3.58. The van der Waals surface area contributed by atoms with Gasteiger partial charge in [-0.2, -0.15) is 18.3 Å². The van der Waals surface area contributed by atoms with E-state index in [0.29, 0.717) is 18.7 Å². The Morgan fingerprint density at radius 2 is 1.74 bits per heavy atom. The predicted molar refractivity (Wildman–Crippen MR) is 145 cm³/mol. The number of nitrogens with one attached hydrogen (secondary N) is 2. The van der Waals surface area contributed by atoms with Crippen LogP contribution in [-0.2, 0) is 12.7 Å². The highest BCUT2D eigenvalue weighted by atomic mass is 35.5. The minimum atomic E-state index is -4.64. The van der Waals surface area contributed by atoms with E-state index >= 15 is 0 Å². The van der Waals surface area contributed by atoms with Crippen molar-refractivity contribution in [2.75, 3.05) is 25.0 Å². The van der Waals surface area contributed by atoms with Gasteiger partial charge < -0.3 is 10.4 Å². The first-order valence-corrected chi connectivity index (χ1v) is 12.5. The first-order valence-electron chi connectivity index (χ1n) is 11.7. The van der Waals surface area contributed by atoms with Gasteiger partial charge in [-0.05, 0) is 60.1 Å². The molecule has 0 saturated carbocycles. The van der Waals surface area contributed by atoms with Crippen molar-refractivity contribution in [3.05, 3.63) is 98.5 Å². The standard InChI is InChI=1S/C27H25Cl2F3N4O3/c1-2-36(11-12-37)16-17-3-6-19(7-4-17)25(38)34-24-10-8-20(28)14-21(24)26(39)35-33-15-18-5-9-23(29)22(13-18)27(30,31)32/h3-10,13-15,37H,2,11-12,16H2,1H3,(H,34,38)(H,35,39)/b33-15+. The van der Waals surface area contributed by atoms with Crippen LogP contribution in [-0.4, -0.2) is 47.7 Å². The number of hydrogen-bond donors (Lipinski definition) is 3. The maximum atomic E-state index is 13.1. The largest absolute Gasteiger partial charge is 0.417 e. The van der Waals surface area contributed by atoms with E-state index in [1.165, 1.54) is 24.3 Å². The Kier molecular flexibility index (Phi) is 10.5. The summed E-state index contributed by atoms with van der Waals surface area (Å²) in [6.07, 6.45) is -3.61. The average molecular weight is 581 g/mol. The topological polar surface area (TPSA) is 94.0 Å². The second-order valence-electron chi connectivity index (χ2n) is 8.37. The molecule has 0 aliphatic heterocycles. The third-order valence-corrected chi connectivity index (χ3v) is 6.20. The summed E-state index contributed by atoms with van der Waals surface area (Å²) in [5.41, 5.74) is 2.74. The Bertz CT molecular complexity index is 1350. The summed E-state index contributed by atoms with van der Waals surface area (Å²) in [5, 5.41) is 15.3. The third kappa shape index (κ3) is 8.52. The van der Waals surface area contributed by atoms with Crippen LogP contribution in [0.5, 0.6) is 0 Å². The molecule has 0 saturated heterocycles. The molecule has 0 atom stereocenters. The molecule has 0 radical (unpaired) electrons. The molecule has 7 nitrogen and oxygen atoms in total. The molecule has 2 amide bonds.